The topological polar surface area (TPSA) is 33.1 Å². The lowest BCUT2D eigenvalue weighted by Gasteiger charge is -1.90. The van der Waals surface area contributed by atoms with Gasteiger partial charge in [0.05, 0.1) is 15.6 Å². The minimum atomic E-state index is 0.177. The molecule has 0 aliphatic rings. The summed E-state index contributed by atoms with van der Waals surface area (Å²) >= 11 is 3.41. The molecule has 0 saturated carbocycles. The average Bonchev–Trinajstić information content (AvgIpc) is 2.74. The van der Waals surface area contributed by atoms with Crippen LogP contribution in [0.3, 0.4) is 0 Å². The van der Waals surface area contributed by atoms with E-state index in [9.17, 15) is 0 Å². The zero-order valence-corrected chi connectivity index (χ0v) is 9.49. The van der Waals surface area contributed by atoms with E-state index in [0.717, 1.165) is 10.7 Å². The molecule has 2 aromatic rings. The summed E-state index contributed by atoms with van der Waals surface area (Å²) in [7, 11) is 0. The van der Waals surface area contributed by atoms with Crippen LogP contribution in [0, 0.1) is 6.92 Å². The van der Waals surface area contributed by atoms with Gasteiger partial charge >= 0.3 is 0 Å². The van der Waals surface area contributed by atoms with Gasteiger partial charge in [-0.1, -0.05) is 6.07 Å². The van der Waals surface area contributed by atoms with Gasteiger partial charge in [-0.15, -0.1) is 22.7 Å². The van der Waals surface area contributed by atoms with Crippen LogP contribution in [-0.4, -0.2) is 16.7 Å². The molecule has 0 aliphatic heterocycles. The highest BCUT2D eigenvalue weighted by Gasteiger charge is 2.09. The Kier molecular flexibility index (Phi) is 2.96. The molecule has 2 rings (SSSR count). The van der Waals surface area contributed by atoms with E-state index < -0.39 is 0 Å². The van der Waals surface area contributed by atoms with Crippen LogP contribution < -0.4 is 0 Å². The van der Waals surface area contributed by atoms with Gasteiger partial charge in [0.25, 0.3) is 0 Å². The first kappa shape index (κ1) is 9.83. The number of aliphatic hydroxyl groups is 1. The maximum Gasteiger partial charge on any atom is 0.0957 e. The molecule has 14 heavy (non-hydrogen) atoms. The molecule has 0 unspecified atom stereocenters. The number of rotatable bonds is 3. The highest BCUT2D eigenvalue weighted by Crippen LogP contribution is 2.33. The number of nitrogens with zero attached hydrogens (tertiary/aromatic N) is 1. The summed E-state index contributed by atoms with van der Waals surface area (Å²) in [6, 6.07) is 4.15. The van der Waals surface area contributed by atoms with E-state index >= 15 is 0 Å². The molecule has 0 radical (unpaired) electrons. The lowest BCUT2D eigenvalue weighted by Crippen LogP contribution is -1.88. The lowest BCUT2D eigenvalue weighted by molar-refractivity contribution is 0.299. The minimum Gasteiger partial charge on any atom is -0.396 e. The van der Waals surface area contributed by atoms with Crippen LogP contribution in [0.2, 0.25) is 0 Å². The van der Waals surface area contributed by atoms with Crippen molar-refractivity contribution in [1.82, 2.24) is 4.98 Å². The predicted molar refractivity (Wildman–Crippen MR) is 61.0 cm³/mol. The molecule has 1 N–H and O–H groups in total. The summed E-state index contributed by atoms with van der Waals surface area (Å²) in [6.07, 6.45) is 0.664. The molecule has 0 spiro atoms. The number of thiazole rings is 1. The standard InChI is InChI=1S/C10H11NOS2/c1-7-10(8-3-2-6-13-8)14-9(11-7)4-5-12/h2-3,6,12H,4-5H2,1H3. The van der Waals surface area contributed by atoms with E-state index in [1.165, 1.54) is 9.75 Å². The smallest absolute Gasteiger partial charge is 0.0957 e. The molecule has 0 atom stereocenters. The van der Waals surface area contributed by atoms with Crippen LogP contribution in [0.5, 0.6) is 0 Å². The van der Waals surface area contributed by atoms with E-state index in [1.807, 2.05) is 13.0 Å². The van der Waals surface area contributed by atoms with E-state index in [2.05, 4.69) is 16.4 Å². The quantitative estimate of drug-likeness (QED) is 0.871. The molecule has 0 amide bonds. The van der Waals surface area contributed by atoms with Crippen molar-refractivity contribution in [3.8, 4) is 9.75 Å². The number of aromatic nitrogens is 1. The second-order valence-corrected chi connectivity index (χ2v) is 5.00. The van der Waals surface area contributed by atoms with Gasteiger partial charge in [-0.05, 0) is 18.4 Å². The van der Waals surface area contributed by atoms with Crippen molar-refractivity contribution in [1.29, 1.82) is 0 Å². The van der Waals surface area contributed by atoms with Gasteiger partial charge < -0.3 is 5.11 Å². The highest BCUT2D eigenvalue weighted by atomic mass is 32.1. The Bertz CT molecular complexity index is 406. The summed E-state index contributed by atoms with van der Waals surface area (Å²) < 4.78 is 0. The molecular weight excluding hydrogens is 214 g/mol. The van der Waals surface area contributed by atoms with E-state index in [-0.39, 0.29) is 6.61 Å². The Morgan fingerprint density at radius 2 is 2.36 bits per heavy atom. The summed E-state index contributed by atoms with van der Waals surface area (Å²) in [5.41, 5.74) is 1.07. The Morgan fingerprint density at radius 3 is 3.00 bits per heavy atom. The summed E-state index contributed by atoms with van der Waals surface area (Å²) in [6.45, 7) is 2.20. The maximum atomic E-state index is 8.82. The maximum absolute atomic E-state index is 8.82. The fraction of sp³-hybridized carbons (Fsp3) is 0.300. The van der Waals surface area contributed by atoms with Gasteiger partial charge in [0.15, 0.2) is 0 Å². The third kappa shape index (κ3) is 1.87. The second kappa shape index (κ2) is 4.21. The number of thiophene rings is 1. The van der Waals surface area contributed by atoms with Crippen LogP contribution >= 0.6 is 22.7 Å². The van der Waals surface area contributed by atoms with Crippen molar-refractivity contribution in [2.45, 2.75) is 13.3 Å². The predicted octanol–water partition coefficient (Wildman–Crippen LogP) is 2.71. The molecule has 4 heteroatoms. The monoisotopic (exact) mass is 225 g/mol. The van der Waals surface area contributed by atoms with Crippen LogP contribution in [0.25, 0.3) is 9.75 Å². The van der Waals surface area contributed by atoms with Crippen molar-refractivity contribution in [3.05, 3.63) is 28.2 Å². The van der Waals surface area contributed by atoms with Crippen molar-refractivity contribution in [2.75, 3.05) is 6.61 Å². The first-order valence-corrected chi connectivity index (χ1v) is 6.12. The molecule has 0 fully saturated rings. The highest BCUT2D eigenvalue weighted by molar-refractivity contribution is 7.21. The Hall–Kier alpha value is -0.710. The molecule has 0 aliphatic carbocycles. The number of aliphatic hydroxyl groups excluding tert-OH is 1. The summed E-state index contributed by atoms with van der Waals surface area (Å²) in [4.78, 5) is 6.93. The molecule has 0 saturated heterocycles. The number of aryl methyl sites for hydroxylation is 1. The Morgan fingerprint density at radius 1 is 1.50 bits per heavy atom. The first-order chi connectivity index (χ1) is 6.81. The molecule has 2 heterocycles. The molecule has 74 valence electrons. The van der Waals surface area contributed by atoms with Crippen molar-refractivity contribution >= 4 is 22.7 Å². The average molecular weight is 225 g/mol. The van der Waals surface area contributed by atoms with Gasteiger partial charge in [0.1, 0.15) is 0 Å². The largest absolute Gasteiger partial charge is 0.396 e. The SMILES string of the molecule is Cc1nc(CCO)sc1-c1cccs1. The van der Waals surface area contributed by atoms with E-state index in [1.54, 1.807) is 22.7 Å². The molecule has 2 nitrogen and oxygen atoms in total. The zero-order valence-electron chi connectivity index (χ0n) is 7.86. The van der Waals surface area contributed by atoms with Crippen molar-refractivity contribution < 1.29 is 5.11 Å². The van der Waals surface area contributed by atoms with Gasteiger partial charge in [0, 0.05) is 17.9 Å². The lowest BCUT2D eigenvalue weighted by atomic mass is 10.3. The van der Waals surface area contributed by atoms with Crippen LogP contribution in [0.4, 0.5) is 0 Å². The Balaban J connectivity index is 2.35. The normalized spacial score (nSPS) is 10.7. The second-order valence-electron chi connectivity index (χ2n) is 2.97. The molecule has 0 aromatic carbocycles. The summed E-state index contributed by atoms with van der Waals surface area (Å²) in [5, 5.41) is 11.9. The minimum absolute atomic E-state index is 0.177. The molecular formula is C10H11NOS2. The fourth-order valence-electron chi connectivity index (χ4n) is 1.29. The number of hydrogen-bond donors (Lipinski definition) is 1. The van der Waals surface area contributed by atoms with Crippen LogP contribution in [0.1, 0.15) is 10.7 Å². The first-order valence-electron chi connectivity index (χ1n) is 4.42. The van der Waals surface area contributed by atoms with E-state index in [4.69, 9.17) is 5.11 Å². The van der Waals surface area contributed by atoms with Crippen LogP contribution in [0.15, 0.2) is 17.5 Å². The van der Waals surface area contributed by atoms with Crippen LogP contribution in [-0.2, 0) is 6.42 Å². The third-order valence-electron chi connectivity index (χ3n) is 1.91. The van der Waals surface area contributed by atoms with Gasteiger partial charge in [-0.3, -0.25) is 0 Å². The molecule has 2 aromatic heterocycles. The van der Waals surface area contributed by atoms with Crippen molar-refractivity contribution in [3.63, 3.8) is 0 Å². The van der Waals surface area contributed by atoms with E-state index in [0.29, 0.717) is 6.42 Å². The van der Waals surface area contributed by atoms with Gasteiger partial charge in [0.2, 0.25) is 0 Å². The fourth-order valence-corrected chi connectivity index (χ4v) is 3.25. The van der Waals surface area contributed by atoms with Gasteiger partial charge in [-0.25, -0.2) is 4.98 Å². The Labute approximate surface area is 90.9 Å². The van der Waals surface area contributed by atoms with Crippen molar-refractivity contribution in [2.24, 2.45) is 0 Å². The number of hydrogen-bond acceptors (Lipinski definition) is 4. The third-order valence-corrected chi connectivity index (χ3v) is 4.18. The zero-order chi connectivity index (χ0) is 9.97. The van der Waals surface area contributed by atoms with Gasteiger partial charge in [-0.2, -0.15) is 0 Å². The molecule has 0 bridgehead atoms. The summed E-state index contributed by atoms with van der Waals surface area (Å²) in [5.74, 6) is 0.